The topological polar surface area (TPSA) is 134 Å². The Hall–Kier alpha value is -3.27. The molecule has 0 bridgehead atoms. The van der Waals surface area contributed by atoms with Gasteiger partial charge in [0.2, 0.25) is 0 Å². The van der Waals surface area contributed by atoms with E-state index in [0.717, 1.165) is 10.9 Å². The predicted octanol–water partition coefficient (Wildman–Crippen LogP) is 3.21. The average molecular weight is 360 g/mol. The zero-order valence-electron chi connectivity index (χ0n) is 12.9. The van der Waals surface area contributed by atoms with Crippen LogP contribution in [-0.4, -0.2) is 21.1 Å². The number of non-ortho nitro benzene ring substituents is 1. The third-order valence-electron chi connectivity index (χ3n) is 3.27. The molecule has 10 heteroatoms. The van der Waals surface area contributed by atoms with Gasteiger partial charge in [0.1, 0.15) is 0 Å². The van der Waals surface area contributed by atoms with Gasteiger partial charge in [0.25, 0.3) is 17.5 Å². The minimum atomic E-state index is -0.840. The molecule has 1 atom stereocenters. The molecule has 0 saturated carbocycles. The fraction of sp³-hybridized carbons (Fsp3) is 0.133. The first-order chi connectivity index (χ1) is 12.0. The molecular formula is C15H12N4O5S. The number of aromatic nitrogens is 2. The molecule has 0 spiro atoms. The van der Waals surface area contributed by atoms with E-state index in [1.54, 1.807) is 6.92 Å². The lowest BCUT2D eigenvalue weighted by Crippen LogP contribution is -2.12. The van der Waals surface area contributed by atoms with Gasteiger partial charge >= 0.3 is 5.97 Å². The number of nitrogen functional groups attached to an aromatic ring is 1. The van der Waals surface area contributed by atoms with Gasteiger partial charge < -0.3 is 14.9 Å². The molecule has 0 unspecified atom stereocenters. The molecule has 2 heterocycles. The maximum atomic E-state index is 12.2. The number of esters is 1. The molecule has 2 aromatic heterocycles. The SMILES string of the molecule is C[C@H](OC(=O)c1cc([N+](=O)[O-])ccc1N)c1nnc(-c2cccs2)o1. The van der Waals surface area contributed by atoms with Crippen LogP contribution in [0.5, 0.6) is 0 Å². The molecule has 9 nitrogen and oxygen atoms in total. The lowest BCUT2D eigenvalue weighted by Gasteiger charge is -2.10. The Balaban J connectivity index is 1.77. The number of hydrogen-bond donors (Lipinski definition) is 1. The Morgan fingerprint density at radius 1 is 1.40 bits per heavy atom. The smallest absolute Gasteiger partial charge is 0.341 e. The van der Waals surface area contributed by atoms with E-state index in [2.05, 4.69) is 10.2 Å². The van der Waals surface area contributed by atoms with Crippen molar-refractivity contribution in [2.24, 2.45) is 0 Å². The predicted molar refractivity (Wildman–Crippen MR) is 89.0 cm³/mol. The second-order valence-corrected chi connectivity index (χ2v) is 5.95. The number of nitro groups is 1. The highest BCUT2D eigenvalue weighted by atomic mass is 32.1. The number of ether oxygens (including phenoxy) is 1. The Bertz CT molecular complexity index is 922. The van der Waals surface area contributed by atoms with Crippen molar-refractivity contribution in [3.8, 4) is 10.8 Å². The molecule has 0 amide bonds. The summed E-state index contributed by atoms with van der Waals surface area (Å²) >= 11 is 1.43. The number of hydrogen-bond acceptors (Lipinski definition) is 9. The molecule has 128 valence electrons. The van der Waals surface area contributed by atoms with Gasteiger partial charge in [0, 0.05) is 17.8 Å². The van der Waals surface area contributed by atoms with Crippen molar-refractivity contribution in [2.75, 3.05) is 5.73 Å². The average Bonchev–Trinajstić information content (AvgIpc) is 3.26. The number of anilines is 1. The monoisotopic (exact) mass is 360 g/mol. The first-order valence-corrected chi connectivity index (χ1v) is 7.96. The number of nitro benzene ring substituents is 1. The summed E-state index contributed by atoms with van der Waals surface area (Å²) in [6, 6.07) is 7.22. The van der Waals surface area contributed by atoms with E-state index in [1.807, 2.05) is 17.5 Å². The number of benzene rings is 1. The largest absolute Gasteiger partial charge is 0.449 e. The highest BCUT2D eigenvalue weighted by Gasteiger charge is 2.23. The summed E-state index contributed by atoms with van der Waals surface area (Å²) in [5.41, 5.74) is 5.42. The van der Waals surface area contributed by atoms with E-state index in [1.165, 1.54) is 23.5 Å². The summed E-state index contributed by atoms with van der Waals surface area (Å²) in [6.07, 6.45) is -0.840. The summed E-state index contributed by atoms with van der Waals surface area (Å²) in [5, 5.41) is 20.5. The lowest BCUT2D eigenvalue weighted by atomic mass is 10.1. The van der Waals surface area contributed by atoms with Gasteiger partial charge in [-0.3, -0.25) is 10.1 Å². The van der Waals surface area contributed by atoms with Crippen LogP contribution >= 0.6 is 11.3 Å². The highest BCUT2D eigenvalue weighted by Crippen LogP contribution is 2.27. The van der Waals surface area contributed by atoms with Crippen molar-refractivity contribution in [1.82, 2.24) is 10.2 Å². The van der Waals surface area contributed by atoms with Crippen molar-refractivity contribution in [1.29, 1.82) is 0 Å². The molecule has 0 fully saturated rings. The van der Waals surface area contributed by atoms with Crippen molar-refractivity contribution in [2.45, 2.75) is 13.0 Å². The highest BCUT2D eigenvalue weighted by molar-refractivity contribution is 7.13. The van der Waals surface area contributed by atoms with Crippen LogP contribution in [0.4, 0.5) is 11.4 Å². The van der Waals surface area contributed by atoms with E-state index in [-0.39, 0.29) is 22.8 Å². The molecule has 3 rings (SSSR count). The number of nitrogens with zero attached hydrogens (tertiary/aromatic N) is 3. The van der Waals surface area contributed by atoms with Crippen LogP contribution in [0, 0.1) is 10.1 Å². The molecule has 0 radical (unpaired) electrons. The summed E-state index contributed by atoms with van der Waals surface area (Å²) in [6.45, 7) is 1.55. The van der Waals surface area contributed by atoms with E-state index < -0.39 is 17.0 Å². The quantitative estimate of drug-likeness (QED) is 0.317. The van der Waals surface area contributed by atoms with Crippen LogP contribution in [-0.2, 0) is 4.74 Å². The molecule has 0 saturated heterocycles. The van der Waals surface area contributed by atoms with Crippen LogP contribution in [0.3, 0.4) is 0 Å². The minimum absolute atomic E-state index is 0.0765. The first-order valence-electron chi connectivity index (χ1n) is 7.08. The standard InChI is InChI=1S/C15H12N4O5S/c1-8(13-17-18-14(24-13)12-3-2-6-25-12)23-15(20)10-7-9(19(21)22)4-5-11(10)16/h2-8H,16H2,1H3/t8-/m0/s1. The van der Waals surface area contributed by atoms with Crippen LogP contribution in [0.1, 0.15) is 29.3 Å². The number of carbonyl (C=O) groups excluding carboxylic acids is 1. The van der Waals surface area contributed by atoms with E-state index >= 15 is 0 Å². The Kier molecular flexibility index (Phi) is 4.44. The second-order valence-electron chi connectivity index (χ2n) is 5.00. The fourth-order valence-electron chi connectivity index (χ4n) is 2.01. The van der Waals surface area contributed by atoms with Crippen LogP contribution in [0.25, 0.3) is 10.8 Å². The number of rotatable bonds is 5. The third kappa shape index (κ3) is 3.48. The lowest BCUT2D eigenvalue weighted by molar-refractivity contribution is -0.384. The van der Waals surface area contributed by atoms with Gasteiger partial charge in [-0.15, -0.1) is 21.5 Å². The summed E-state index contributed by atoms with van der Waals surface area (Å²) in [5.74, 6) is -0.381. The van der Waals surface area contributed by atoms with Crippen LogP contribution in [0.2, 0.25) is 0 Å². The molecule has 0 aliphatic carbocycles. The summed E-state index contributed by atoms with van der Waals surface area (Å²) in [7, 11) is 0. The second kappa shape index (κ2) is 6.69. The zero-order valence-corrected chi connectivity index (χ0v) is 13.7. The maximum absolute atomic E-state index is 12.2. The molecule has 1 aromatic carbocycles. The minimum Gasteiger partial charge on any atom is -0.449 e. The van der Waals surface area contributed by atoms with Crippen LogP contribution < -0.4 is 5.73 Å². The normalized spacial score (nSPS) is 11.9. The molecule has 0 aliphatic rings. The fourth-order valence-corrected chi connectivity index (χ4v) is 2.65. The van der Waals surface area contributed by atoms with Gasteiger partial charge in [-0.1, -0.05) is 6.07 Å². The van der Waals surface area contributed by atoms with Gasteiger partial charge in [-0.05, 0) is 24.4 Å². The molecule has 25 heavy (non-hydrogen) atoms. The Labute approximate surface area is 145 Å². The van der Waals surface area contributed by atoms with E-state index in [4.69, 9.17) is 14.9 Å². The summed E-state index contributed by atoms with van der Waals surface area (Å²) < 4.78 is 10.7. The summed E-state index contributed by atoms with van der Waals surface area (Å²) in [4.78, 5) is 23.2. The molecule has 3 aromatic rings. The molecule has 2 N–H and O–H groups in total. The Morgan fingerprint density at radius 3 is 2.88 bits per heavy atom. The van der Waals surface area contributed by atoms with Crippen molar-refractivity contribution in [3.05, 3.63) is 57.3 Å². The van der Waals surface area contributed by atoms with Crippen molar-refractivity contribution < 1.29 is 18.9 Å². The molecular weight excluding hydrogens is 348 g/mol. The van der Waals surface area contributed by atoms with Crippen LogP contribution in [0.15, 0.2) is 40.1 Å². The van der Waals surface area contributed by atoms with E-state index in [0.29, 0.717) is 5.89 Å². The number of nitrogens with two attached hydrogens (primary N) is 1. The zero-order chi connectivity index (χ0) is 18.0. The van der Waals surface area contributed by atoms with Gasteiger partial charge in [0.15, 0.2) is 6.10 Å². The van der Waals surface area contributed by atoms with Gasteiger partial charge in [0.05, 0.1) is 15.4 Å². The molecule has 0 aliphatic heterocycles. The van der Waals surface area contributed by atoms with E-state index in [9.17, 15) is 14.9 Å². The third-order valence-corrected chi connectivity index (χ3v) is 4.13. The number of carbonyl (C=O) groups is 1. The van der Waals surface area contributed by atoms with Gasteiger partial charge in [-0.25, -0.2) is 4.79 Å². The first kappa shape index (κ1) is 16.6. The Morgan fingerprint density at radius 2 is 2.20 bits per heavy atom. The van der Waals surface area contributed by atoms with Crippen molar-refractivity contribution in [3.63, 3.8) is 0 Å². The maximum Gasteiger partial charge on any atom is 0.341 e. The number of thiophene rings is 1. The van der Waals surface area contributed by atoms with Crippen molar-refractivity contribution >= 4 is 28.7 Å². The van der Waals surface area contributed by atoms with Gasteiger partial charge in [-0.2, -0.15) is 0 Å².